The number of pyridine rings is 1. The van der Waals surface area contributed by atoms with Crippen LogP contribution in [0.2, 0.25) is 0 Å². The van der Waals surface area contributed by atoms with E-state index in [0.29, 0.717) is 12.0 Å². The van der Waals surface area contributed by atoms with Crippen molar-refractivity contribution in [3.63, 3.8) is 0 Å². The predicted octanol–water partition coefficient (Wildman–Crippen LogP) is 3.39. The number of aryl methyl sites for hydroxylation is 1. The third-order valence-corrected chi connectivity index (χ3v) is 5.24. The van der Waals surface area contributed by atoms with Crippen LogP contribution in [0.15, 0.2) is 18.5 Å². The van der Waals surface area contributed by atoms with Crippen molar-refractivity contribution in [1.82, 2.24) is 10.3 Å². The SMILES string of the molecule is CNC(c1cnccc1C)C1CCOC2(CCCC2)C1. The number of rotatable bonds is 3. The van der Waals surface area contributed by atoms with Crippen molar-refractivity contribution in [1.29, 1.82) is 0 Å². The van der Waals surface area contributed by atoms with E-state index in [0.717, 1.165) is 13.0 Å². The highest BCUT2D eigenvalue weighted by Gasteiger charge is 2.42. The van der Waals surface area contributed by atoms with Gasteiger partial charge in [-0.1, -0.05) is 12.8 Å². The molecule has 0 aromatic carbocycles. The van der Waals surface area contributed by atoms with E-state index in [9.17, 15) is 0 Å². The molecular formula is C17H26N2O. The molecule has 1 aliphatic carbocycles. The van der Waals surface area contributed by atoms with Crippen LogP contribution in [0.3, 0.4) is 0 Å². The Labute approximate surface area is 122 Å². The summed E-state index contributed by atoms with van der Waals surface area (Å²) in [6, 6.07) is 2.52. The summed E-state index contributed by atoms with van der Waals surface area (Å²) in [5.41, 5.74) is 2.88. The molecule has 2 atom stereocenters. The van der Waals surface area contributed by atoms with Crippen LogP contribution in [0.25, 0.3) is 0 Å². The maximum atomic E-state index is 6.17. The van der Waals surface area contributed by atoms with E-state index >= 15 is 0 Å². The van der Waals surface area contributed by atoms with E-state index in [4.69, 9.17) is 4.74 Å². The van der Waals surface area contributed by atoms with Crippen LogP contribution >= 0.6 is 0 Å². The summed E-state index contributed by atoms with van der Waals surface area (Å²) >= 11 is 0. The highest BCUT2D eigenvalue weighted by molar-refractivity contribution is 5.26. The van der Waals surface area contributed by atoms with Crippen molar-refractivity contribution in [3.05, 3.63) is 29.6 Å². The third-order valence-electron chi connectivity index (χ3n) is 5.24. The number of hydrogen-bond acceptors (Lipinski definition) is 3. The highest BCUT2D eigenvalue weighted by Crippen LogP contribution is 2.45. The van der Waals surface area contributed by atoms with E-state index in [1.807, 2.05) is 12.4 Å². The summed E-state index contributed by atoms with van der Waals surface area (Å²) in [4.78, 5) is 4.33. The molecule has 1 aromatic heterocycles. The van der Waals surface area contributed by atoms with Gasteiger partial charge in [0.15, 0.2) is 0 Å². The molecule has 2 unspecified atom stereocenters. The third kappa shape index (κ3) is 2.61. The Hall–Kier alpha value is -0.930. The van der Waals surface area contributed by atoms with Gasteiger partial charge < -0.3 is 10.1 Å². The largest absolute Gasteiger partial charge is 0.375 e. The molecule has 2 aliphatic rings. The fourth-order valence-electron chi connectivity index (χ4n) is 4.16. The number of nitrogens with zero attached hydrogens (tertiary/aromatic N) is 1. The van der Waals surface area contributed by atoms with Gasteiger partial charge in [0.25, 0.3) is 0 Å². The first-order valence-electron chi connectivity index (χ1n) is 7.96. The predicted molar refractivity (Wildman–Crippen MR) is 80.6 cm³/mol. The second-order valence-electron chi connectivity index (χ2n) is 6.49. The summed E-state index contributed by atoms with van der Waals surface area (Å²) in [6.07, 6.45) is 11.5. The number of ether oxygens (including phenoxy) is 1. The normalized spacial score (nSPS) is 26.8. The maximum absolute atomic E-state index is 6.17. The lowest BCUT2D eigenvalue weighted by Crippen LogP contribution is -2.41. The fraction of sp³-hybridized carbons (Fsp3) is 0.706. The van der Waals surface area contributed by atoms with Gasteiger partial charge in [0.2, 0.25) is 0 Å². The zero-order valence-corrected chi connectivity index (χ0v) is 12.7. The summed E-state index contributed by atoms with van der Waals surface area (Å²) in [5.74, 6) is 0.662. The van der Waals surface area contributed by atoms with Crippen molar-refractivity contribution in [2.24, 2.45) is 5.92 Å². The molecule has 1 saturated carbocycles. The van der Waals surface area contributed by atoms with E-state index in [1.165, 1.54) is 43.2 Å². The Balaban J connectivity index is 1.81. The van der Waals surface area contributed by atoms with Crippen LogP contribution in [0, 0.1) is 12.8 Å². The van der Waals surface area contributed by atoms with Gasteiger partial charge in [0, 0.05) is 25.0 Å². The minimum atomic E-state index is 0.189. The molecule has 2 heterocycles. The Morgan fingerprint density at radius 2 is 2.20 bits per heavy atom. The minimum absolute atomic E-state index is 0.189. The van der Waals surface area contributed by atoms with Gasteiger partial charge in [0.05, 0.1) is 5.60 Å². The quantitative estimate of drug-likeness (QED) is 0.917. The van der Waals surface area contributed by atoms with Crippen LogP contribution in [-0.4, -0.2) is 24.2 Å². The molecule has 1 N–H and O–H groups in total. The van der Waals surface area contributed by atoms with Crippen molar-refractivity contribution < 1.29 is 4.74 Å². The summed E-state index contributed by atoms with van der Waals surface area (Å²) in [5, 5.41) is 3.54. The minimum Gasteiger partial charge on any atom is -0.375 e. The fourth-order valence-corrected chi connectivity index (χ4v) is 4.16. The van der Waals surface area contributed by atoms with Gasteiger partial charge in [-0.25, -0.2) is 0 Å². The van der Waals surface area contributed by atoms with E-state index < -0.39 is 0 Å². The standard InChI is InChI=1S/C17H26N2O/c1-13-5-9-19-12-15(13)16(18-2)14-6-10-20-17(11-14)7-3-4-8-17/h5,9,12,14,16,18H,3-4,6-8,10-11H2,1-2H3. The van der Waals surface area contributed by atoms with Crippen LogP contribution in [0.5, 0.6) is 0 Å². The summed E-state index contributed by atoms with van der Waals surface area (Å²) in [7, 11) is 2.08. The van der Waals surface area contributed by atoms with Crippen LogP contribution < -0.4 is 5.32 Å². The highest BCUT2D eigenvalue weighted by atomic mass is 16.5. The lowest BCUT2D eigenvalue weighted by atomic mass is 9.78. The molecular weight excluding hydrogens is 248 g/mol. The molecule has 110 valence electrons. The number of hydrogen-bond donors (Lipinski definition) is 1. The molecule has 3 heteroatoms. The van der Waals surface area contributed by atoms with Gasteiger partial charge in [-0.15, -0.1) is 0 Å². The van der Waals surface area contributed by atoms with Gasteiger partial charge >= 0.3 is 0 Å². The molecule has 1 aliphatic heterocycles. The van der Waals surface area contributed by atoms with Crippen molar-refractivity contribution in [2.75, 3.05) is 13.7 Å². The lowest BCUT2D eigenvalue weighted by Gasteiger charge is -2.41. The first-order chi connectivity index (χ1) is 9.74. The van der Waals surface area contributed by atoms with Gasteiger partial charge in [0.1, 0.15) is 0 Å². The smallest absolute Gasteiger partial charge is 0.0686 e. The van der Waals surface area contributed by atoms with Crippen molar-refractivity contribution in [3.8, 4) is 0 Å². The number of aromatic nitrogens is 1. The molecule has 20 heavy (non-hydrogen) atoms. The van der Waals surface area contributed by atoms with Crippen molar-refractivity contribution in [2.45, 2.75) is 57.1 Å². The summed E-state index contributed by atoms with van der Waals surface area (Å²) < 4.78 is 6.17. The zero-order valence-electron chi connectivity index (χ0n) is 12.7. The molecule has 1 saturated heterocycles. The van der Waals surface area contributed by atoms with Crippen LogP contribution in [-0.2, 0) is 4.74 Å². The second-order valence-corrected chi connectivity index (χ2v) is 6.49. The van der Waals surface area contributed by atoms with Crippen molar-refractivity contribution >= 4 is 0 Å². The molecule has 3 nitrogen and oxygen atoms in total. The van der Waals surface area contributed by atoms with Gasteiger partial charge in [-0.2, -0.15) is 0 Å². The second kappa shape index (κ2) is 5.82. The van der Waals surface area contributed by atoms with Gasteiger partial charge in [-0.05, 0) is 62.8 Å². The first kappa shape index (κ1) is 14.0. The Morgan fingerprint density at radius 3 is 2.90 bits per heavy atom. The van der Waals surface area contributed by atoms with Crippen LogP contribution in [0.4, 0.5) is 0 Å². The summed E-state index contributed by atoms with van der Waals surface area (Å²) in [6.45, 7) is 3.11. The molecule has 1 aromatic rings. The zero-order chi connectivity index (χ0) is 14.0. The molecule has 0 radical (unpaired) electrons. The Morgan fingerprint density at radius 1 is 1.40 bits per heavy atom. The Kier molecular flexibility index (Phi) is 4.08. The average molecular weight is 274 g/mol. The van der Waals surface area contributed by atoms with E-state index in [-0.39, 0.29) is 5.60 Å². The Bertz CT molecular complexity index is 454. The lowest BCUT2D eigenvalue weighted by molar-refractivity contribution is -0.0979. The van der Waals surface area contributed by atoms with E-state index in [1.54, 1.807) is 0 Å². The molecule has 2 fully saturated rings. The maximum Gasteiger partial charge on any atom is 0.0686 e. The first-order valence-corrected chi connectivity index (χ1v) is 7.96. The topological polar surface area (TPSA) is 34.2 Å². The van der Waals surface area contributed by atoms with Gasteiger partial charge in [-0.3, -0.25) is 4.98 Å². The number of nitrogens with one attached hydrogen (secondary N) is 1. The molecule has 0 bridgehead atoms. The molecule has 0 amide bonds. The average Bonchev–Trinajstić information content (AvgIpc) is 2.90. The molecule has 1 spiro atoms. The van der Waals surface area contributed by atoms with E-state index in [2.05, 4.69) is 30.3 Å². The van der Waals surface area contributed by atoms with Crippen LogP contribution in [0.1, 0.15) is 55.7 Å². The monoisotopic (exact) mass is 274 g/mol. The molecule has 3 rings (SSSR count).